The lowest BCUT2D eigenvalue weighted by atomic mass is 10.2. The standard InChI is InChI=1S/C21H28N4O3/c1-21(2,3)28-20(26)25-12-6-7-15(25)13-27-19-18(22-14-10-11-14)23-16-8-4-5-9-17(16)24-19/h4-5,8-9,14-15H,6-7,10-13H2,1-3H3,(H,22,23)/t15-/m1/s1. The lowest BCUT2D eigenvalue weighted by molar-refractivity contribution is 0.0186. The van der Waals surface area contributed by atoms with E-state index in [-0.39, 0.29) is 12.1 Å². The maximum Gasteiger partial charge on any atom is 0.410 e. The lowest BCUT2D eigenvalue weighted by Gasteiger charge is -2.28. The predicted octanol–water partition coefficient (Wildman–Crippen LogP) is 3.98. The molecule has 28 heavy (non-hydrogen) atoms. The highest BCUT2D eigenvalue weighted by Gasteiger charge is 2.33. The van der Waals surface area contributed by atoms with Crippen LogP contribution >= 0.6 is 0 Å². The third-order valence-electron chi connectivity index (χ3n) is 4.87. The Hall–Kier alpha value is -2.57. The minimum Gasteiger partial charge on any atom is -0.473 e. The first-order chi connectivity index (χ1) is 13.4. The molecule has 2 heterocycles. The number of fused-ring (bicyclic) bond motifs is 1. The molecule has 0 spiro atoms. The summed E-state index contributed by atoms with van der Waals surface area (Å²) in [4.78, 5) is 23.6. The molecule has 2 fully saturated rings. The van der Waals surface area contributed by atoms with Gasteiger partial charge < -0.3 is 19.7 Å². The molecule has 1 aromatic heterocycles. The Morgan fingerprint density at radius 2 is 1.89 bits per heavy atom. The second-order valence-corrected chi connectivity index (χ2v) is 8.57. The molecule has 2 aliphatic rings. The number of para-hydroxylation sites is 2. The van der Waals surface area contributed by atoms with Crippen LogP contribution in [0.2, 0.25) is 0 Å². The van der Waals surface area contributed by atoms with Gasteiger partial charge in [-0.05, 0) is 58.6 Å². The number of likely N-dealkylation sites (tertiary alicyclic amines) is 1. The van der Waals surface area contributed by atoms with Crippen molar-refractivity contribution in [2.24, 2.45) is 0 Å². The van der Waals surface area contributed by atoms with E-state index in [0.717, 1.165) is 36.7 Å². The van der Waals surface area contributed by atoms with Crippen molar-refractivity contribution in [2.75, 3.05) is 18.5 Å². The first-order valence-corrected chi connectivity index (χ1v) is 10.0. The van der Waals surface area contributed by atoms with Crippen molar-refractivity contribution in [3.8, 4) is 5.88 Å². The average Bonchev–Trinajstić information content (AvgIpc) is 3.32. The molecule has 0 radical (unpaired) electrons. The van der Waals surface area contributed by atoms with E-state index in [1.54, 1.807) is 4.90 Å². The fraction of sp³-hybridized carbons (Fsp3) is 0.571. The molecule has 0 unspecified atom stereocenters. The van der Waals surface area contributed by atoms with Crippen molar-refractivity contribution in [3.05, 3.63) is 24.3 Å². The molecule has 1 amide bonds. The van der Waals surface area contributed by atoms with Gasteiger partial charge in [0.05, 0.1) is 17.1 Å². The monoisotopic (exact) mass is 384 g/mol. The van der Waals surface area contributed by atoms with Gasteiger partial charge in [0.1, 0.15) is 12.2 Å². The number of aromatic nitrogens is 2. The van der Waals surface area contributed by atoms with E-state index >= 15 is 0 Å². The quantitative estimate of drug-likeness (QED) is 0.840. The zero-order valence-electron chi connectivity index (χ0n) is 16.8. The summed E-state index contributed by atoms with van der Waals surface area (Å²) in [7, 11) is 0. The highest BCUT2D eigenvalue weighted by molar-refractivity contribution is 5.77. The van der Waals surface area contributed by atoms with Crippen LogP contribution in [-0.2, 0) is 4.74 Å². The van der Waals surface area contributed by atoms with Crippen molar-refractivity contribution in [1.82, 2.24) is 14.9 Å². The number of carbonyl (C=O) groups is 1. The summed E-state index contributed by atoms with van der Waals surface area (Å²) in [5.74, 6) is 1.18. The van der Waals surface area contributed by atoms with Gasteiger partial charge in [-0.1, -0.05) is 12.1 Å². The van der Waals surface area contributed by atoms with Crippen molar-refractivity contribution >= 4 is 22.9 Å². The van der Waals surface area contributed by atoms with Crippen LogP contribution in [0.15, 0.2) is 24.3 Å². The number of carbonyl (C=O) groups excluding carboxylic acids is 1. The van der Waals surface area contributed by atoms with Crippen molar-refractivity contribution in [3.63, 3.8) is 0 Å². The van der Waals surface area contributed by atoms with E-state index in [0.29, 0.717) is 30.9 Å². The summed E-state index contributed by atoms with van der Waals surface area (Å²) in [5.41, 5.74) is 1.14. The third kappa shape index (κ3) is 4.46. The van der Waals surface area contributed by atoms with Gasteiger partial charge in [0, 0.05) is 12.6 Å². The Balaban J connectivity index is 1.48. The van der Waals surface area contributed by atoms with Gasteiger partial charge >= 0.3 is 6.09 Å². The normalized spacial score (nSPS) is 19.7. The summed E-state index contributed by atoms with van der Waals surface area (Å²) >= 11 is 0. The smallest absolute Gasteiger partial charge is 0.410 e. The highest BCUT2D eigenvalue weighted by atomic mass is 16.6. The number of hydrogen-bond donors (Lipinski definition) is 1. The van der Waals surface area contributed by atoms with Gasteiger partial charge in [-0.2, -0.15) is 0 Å². The van der Waals surface area contributed by atoms with E-state index in [2.05, 4.69) is 10.3 Å². The van der Waals surface area contributed by atoms with Crippen LogP contribution in [0.4, 0.5) is 10.6 Å². The molecule has 1 saturated carbocycles. The first-order valence-electron chi connectivity index (χ1n) is 10.0. The Bertz CT molecular complexity index is 860. The number of amides is 1. The molecule has 1 N–H and O–H groups in total. The molecule has 4 rings (SSSR count). The fourth-order valence-electron chi connectivity index (χ4n) is 3.34. The van der Waals surface area contributed by atoms with Crippen LogP contribution in [0, 0.1) is 0 Å². The molecular formula is C21H28N4O3. The van der Waals surface area contributed by atoms with Gasteiger partial charge in [0.15, 0.2) is 5.82 Å². The second kappa shape index (κ2) is 7.45. The van der Waals surface area contributed by atoms with Gasteiger partial charge in [-0.15, -0.1) is 0 Å². The minimum absolute atomic E-state index is 0.0168. The van der Waals surface area contributed by atoms with E-state index in [1.165, 1.54) is 0 Å². The number of nitrogens with one attached hydrogen (secondary N) is 1. The minimum atomic E-state index is -0.504. The van der Waals surface area contributed by atoms with Gasteiger partial charge in [0.2, 0.25) is 0 Å². The molecule has 1 saturated heterocycles. The molecule has 1 aliphatic heterocycles. The average molecular weight is 384 g/mol. The summed E-state index contributed by atoms with van der Waals surface area (Å²) in [5, 5.41) is 3.41. The Morgan fingerprint density at radius 1 is 1.18 bits per heavy atom. The van der Waals surface area contributed by atoms with Gasteiger partial charge in [-0.3, -0.25) is 0 Å². The molecule has 1 aliphatic carbocycles. The zero-order chi connectivity index (χ0) is 19.7. The SMILES string of the molecule is CC(C)(C)OC(=O)N1CCC[C@@H]1COc1nc2ccccc2nc1NC1CC1. The van der Waals surface area contributed by atoms with Gasteiger partial charge in [0.25, 0.3) is 5.88 Å². The van der Waals surface area contributed by atoms with Crippen LogP contribution in [0.5, 0.6) is 5.88 Å². The predicted molar refractivity (Wildman–Crippen MR) is 108 cm³/mol. The van der Waals surface area contributed by atoms with E-state index in [9.17, 15) is 4.79 Å². The summed E-state index contributed by atoms with van der Waals surface area (Å²) < 4.78 is 11.6. The van der Waals surface area contributed by atoms with Crippen molar-refractivity contribution in [2.45, 2.75) is 64.1 Å². The molecule has 7 nitrogen and oxygen atoms in total. The number of anilines is 1. The van der Waals surface area contributed by atoms with Crippen LogP contribution < -0.4 is 10.1 Å². The number of ether oxygens (including phenoxy) is 2. The molecule has 150 valence electrons. The third-order valence-corrected chi connectivity index (χ3v) is 4.87. The topological polar surface area (TPSA) is 76.6 Å². The van der Waals surface area contributed by atoms with E-state index in [4.69, 9.17) is 14.5 Å². The second-order valence-electron chi connectivity index (χ2n) is 8.57. The summed E-state index contributed by atoms with van der Waals surface area (Å²) in [6, 6.07) is 8.20. The number of nitrogens with zero attached hydrogens (tertiary/aromatic N) is 3. The maximum atomic E-state index is 12.5. The first kappa shape index (κ1) is 18.8. The molecule has 7 heteroatoms. The maximum absolute atomic E-state index is 12.5. The van der Waals surface area contributed by atoms with Crippen LogP contribution in [-0.4, -0.2) is 51.8 Å². The van der Waals surface area contributed by atoms with Crippen molar-refractivity contribution < 1.29 is 14.3 Å². The van der Waals surface area contributed by atoms with E-state index in [1.807, 2.05) is 45.0 Å². The molecule has 1 aromatic carbocycles. The molecule has 1 atom stereocenters. The Kier molecular flexibility index (Phi) is 5.00. The largest absolute Gasteiger partial charge is 0.473 e. The number of rotatable bonds is 5. The summed E-state index contributed by atoms with van der Waals surface area (Å²) in [6.07, 6.45) is 3.85. The van der Waals surface area contributed by atoms with Crippen LogP contribution in [0.1, 0.15) is 46.5 Å². The highest BCUT2D eigenvalue weighted by Crippen LogP contribution is 2.30. The lowest BCUT2D eigenvalue weighted by Crippen LogP contribution is -2.42. The Labute approximate surface area is 165 Å². The van der Waals surface area contributed by atoms with E-state index < -0.39 is 5.60 Å². The Morgan fingerprint density at radius 3 is 2.57 bits per heavy atom. The number of benzene rings is 1. The molecule has 2 aromatic rings. The molecular weight excluding hydrogens is 356 g/mol. The van der Waals surface area contributed by atoms with Crippen LogP contribution in [0.25, 0.3) is 11.0 Å². The molecule has 0 bridgehead atoms. The number of hydrogen-bond acceptors (Lipinski definition) is 6. The zero-order valence-corrected chi connectivity index (χ0v) is 16.8. The van der Waals surface area contributed by atoms with Crippen LogP contribution in [0.3, 0.4) is 0 Å². The summed E-state index contributed by atoms with van der Waals surface area (Å²) in [6.45, 7) is 6.72. The van der Waals surface area contributed by atoms with Crippen molar-refractivity contribution in [1.29, 1.82) is 0 Å². The van der Waals surface area contributed by atoms with Gasteiger partial charge in [-0.25, -0.2) is 14.8 Å². The fourth-order valence-corrected chi connectivity index (χ4v) is 3.34.